The fourth-order valence-electron chi connectivity index (χ4n) is 6.27. The highest BCUT2D eigenvalue weighted by Crippen LogP contribution is 2.36. The minimum atomic E-state index is -0.439. The molecule has 7 heteroatoms. The van der Waals surface area contributed by atoms with Crippen molar-refractivity contribution in [2.75, 3.05) is 7.05 Å². The van der Waals surface area contributed by atoms with Crippen LogP contribution in [-0.2, 0) is 0 Å². The lowest BCUT2D eigenvalue weighted by Gasteiger charge is -2.36. The van der Waals surface area contributed by atoms with Crippen LogP contribution < -0.4 is 10.1 Å². The maximum absolute atomic E-state index is 14.5. The van der Waals surface area contributed by atoms with E-state index >= 15 is 0 Å². The van der Waals surface area contributed by atoms with Crippen molar-refractivity contribution in [1.82, 2.24) is 20.4 Å². The van der Waals surface area contributed by atoms with E-state index in [4.69, 9.17) is 4.74 Å². The Balaban J connectivity index is 1.20. The molecule has 6 nitrogen and oxygen atoms in total. The standard InChI is InChI=1S/C32H35FN4O2/c1-19(2)30(26-6-4-5-7-28(26)33)34-32(38)21-10-15-29-27(16-21)31(36-35-29)20-8-13-24(14-9-20)39-25-17-22-11-12-23(18-25)37(22)3/h4-10,13-16,19,22-23,25,30H,11-12,17-18H2,1-3H3,(H,34,38)(H,35,36)/t22-,23+,25+,30?. The van der Waals surface area contributed by atoms with Gasteiger partial charge in [-0.1, -0.05) is 32.0 Å². The van der Waals surface area contributed by atoms with Crippen LogP contribution in [0.5, 0.6) is 5.75 Å². The lowest BCUT2D eigenvalue weighted by Crippen LogP contribution is -2.43. The second-order valence-electron chi connectivity index (χ2n) is 11.3. The molecular weight excluding hydrogens is 491 g/mol. The van der Waals surface area contributed by atoms with Crippen LogP contribution in [-0.4, -0.2) is 46.2 Å². The number of halogens is 1. The number of carbonyl (C=O) groups excluding carboxylic acids is 1. The average molecular weight is 527 g/mol. The minimum Gasteiger partial charge on any atom is -0.490 e. The lowest BCUT2D eigenvalue weighted by atomic mass is 9.95. The average Bonchev–Trinajstić information content (AvgIpc) is 3.43. The third-order valence-corrected chi connectivity index (χ3v) is 8.50. The molecule has 3 aromatic carbocycles. The molecule has 6 rings (SSSR count). The SMILES string of the molecule is CC(C)C(NC(=O)c1ccc2[nH]nc(-c3ccc(O[C@H]4C[C@H]5CC[C@@H](C4)N5C)cc3)c2c1)c1ccccc1F. The van der Waals surface area contributed by atoms with Crippen molar-refractivity contribution in [3.8, 4) is 17.0 Å². The van der Waals surface area contributed by atoms with Crippen molar-refractivity contribution < 1.29 is 13.9 Å². The van der Waals surface area contributed by atoms with E-state index in [9.17, 15) is 9.18 Å². The smallest absolute Gasteiger partial charge is 0.251 e. The Hall–Kier alpha value is -3.71. The summed E-state index contributed by atoms with van der Waals surface area (Å²) in [5, 5.41) is 11.5. The van der Waals surface area contributed by atoms with Gasteiger partial charge in [0, 0.05) is 34.2 Å². The number of hydrogen-bond acceptors (Lipinski definition) is 4. The van der Waals surface area contributed by atoms with Gasteiger partial charge in [-0.15, -0.1) is 0 Å². The number of aromatic amines is 1. The predicted octanol–water partition coefficient (Wildman–Crippen LogP) is 6.50. The first-order valence-electron chi connectivity index (χ1n) is 13.9. The first kappa shape index (κ1) is 25.6. The maximum atomic E-state index is 14.5. The number of amides is 1. The van der Waals surface area contributed by atoms with Gasteiger partial charge in [0.05, 0.1) is 17.3 Å². The molecule has 0 radical (unpaired) electrons. The van der Waals surface area contributed by atoms with Crippen LogP contribution in [0, 0.1) is 11.7 Å². The number of ether oxygens (including phenoxy) is 1. The molecule has 39 heavy (non-hydrogen) atoms. The van der Waals surface area contributed by atoms with Crippen molar-refractivity contribution in [1.29, 1.82) is 0 Å². The molecule has 2 N–H and O–H groups in total. The van der Waals surface area contributed by atoms with E-state index in [0.29, 0.717) is 23.2 Å². The normalized spacial score (nSPS) is 21.8. The highest BCUT2D eigenvalue weighted by molar-refractivity contribution is 6.01. The van der Waals surface area contributed by atoms with Gasteiger partial charge < -0.3 is 15.0 Å². The maximum Gasteiger partial charge on any atom is 0.251 e. The minimum absolute atomic E-state index is 0.0180. The van der Waals surface area contributed by atoms with E-state index in [0.717, 1.165) is 40.8 Å². The Morgan fingerprint density at radius 1 is 1.05 bits per heavy atom. The molecule has 2 saturated heterocycles. The number of carbonyl (C=O) groups is 1. The monoisotopic (exact) mass is 526 g/mol. The molecule has 202 valence electrons. The fraction of sp³-hybridized carbons (Fsp3) is 0.375. The van der Waals surface area contributed by atoms with Crippen molar-refractivity contribution in [3.63, 3.8) is 0 Å². The summed E-state index contributed by atoms with van der Waals surface area (Å²) in [6.07, 6.45) is 4.97. The van der Waals surface area contributed by atoms with Crippen LogP contribution in [0.2, 0.25) is 0 Å². The summed E-state index contributed by atoms with van der Waals surface area (Å²) in [5.74, 6) is 0.325. The van der Waals surface area contributed by atoms with Crippen molar-refractivity contribution in [2.24, 2.45) is 5.92 Å². The molecule has 2 fully saturated rings. The van der Waals surface area contributed by atoms with Gasteiger partial charge in [0.15, 0.2) is 0 Å². The molecule has 4 atom stereocenters. The largest absolute Gasteiger partial charge is 0.490 e. The van der Waals surface area contributed by atoms with E-state index in [-0.39, 0.29) is 23.7 Å². The molecule has 3 heterocycles. The zero-order chi connectivity index (χ0) is 27.1. The Kier molecular flexibility index (Phi) is 6.85. The second-order valence-corrected chi connectivity index (χ2v) is 11.3. The van der Waals surface area contributed by atoms with Crippen LogP contribution >= 0.6 is 0 Å². The number of fused-ring (bicyclic) bond motifs is 3. The second kappa shape index (κ2) is 10.5. The first-order valence-corrected chi connectivity index (χ1v) is 13.9. The zero-order valence-electron chi connectivity index (χ0n) is 22.7. The van der Waals surface area contributed by atoms with Gasteiger partial charge >= 0.3 is 0 Å². The third kappa shape index (κ3) is 5.03. The summed E-state index contributed by atoms with van der Waals surface area (Å²) in [6, 6.07) is 21.0. The van der Waals surface area contributed by atoms with Gasteiger partial charge in [-0.05, 0) is 87.2 Å². The Bertz CT molecular complexity index is 1470. The Morgan fingerprint density at radius 2 is 1.77 bits per heavy atom. The predicted molar refractivity (Wildman–Crippen MR) is 151 cm³/mol. The van der Waals surface area contributed by atoms with Crippen LogP contribution in [0.4, 0.5) is 4.39 Å². The fourth-order valence-corrected chi connectivity index (χ4v) is 6.27. The van der Waals surface area contributed by atoms with Crippen molar-refractivity contribution >= 4 is 16.8 Å². The summed E-state index contributed by atoms with van der Waals surface area (Å²) >= 11 is 0. The van der Waals surface area contributed by atoms with Crippen LogP contribution in [0.3, 0.4) is 0 Å². The number of benzene rings is 3. The van der Waals surface area contributed by atoms with Crippen LogP contribution in [0.15, 0.2) is 66.7 Å². The Morgan fingerprint density at radius 3 is 2.46 bits per heavy atom. The summed E-state index contributed by atoms with van der Waals surface area (Å²) in [7, 11) is 2.24. The Labute approximate surface area is 228 Å². The van der Waals surface area contributed by atoms with Crippen molar-refractivity contribution in [2.45, 2.75) is 63.8 Å². The topological polar surface area (TPSA) is 70.2 Å². The van der Waals surface area contributed by atoms with E-state index in [2.05, 4.69) is 27.5 Å². The van der Waals surface area contributed by atoms with E-state index in [1.54, 1.807) is 24.3 Å². The number of rotatable bonds is 7. The van der Waals surface area contributed by atoms with Gasteiger partial charge in [-0.25, -0.2) is 4.39 Å². The molecule has 2 bridgehead atoms. The summed E-state index contributed by atoms with van der Waals surface area (Å²) in [4.78, 5) is 15.8. The quantitative estimate of drug-likeness (QED) is 0.288. The molecule has 0 saturated carbocycles. The highest BCUT2D eigenvalue weighted by atomic mass is 19.1. The summed E-state index contributed by atoms with van der Waals surface area (Å²) in [5.41, 5.74) is 3.56. The molecule has 4 aromatic rings. The van der Waals surface area contributed by atoms with Gasteiger partial charge in [0.25, 0.3) is 5.91 Å². The third-order valence-electron chi connectivity index (χ3n) is 8.50. The summed E-state index contributed by atoms with van der Waals surface area (Å²) in [6.45, 7) is 3.94. The number of aromatic nitrogens is 2. The molecule has 0 aliphatic carbocycles. The first-order chi connectivity index (χ1) is 18.9. The van der Waals surface area contributed by atoms with E-state index in [1.807, 2.05) is 50.2 Å². The molecule has 1 unspecified atom stereocenters. The van der Waals surface area contributed by atoms with Gasteiger partial charge in [-0.2, -0.15) is 5.10 Å². The molecule has 1 amide bonds. The zero-order valence-corrected chi connectivity index (χ0v) is 22.7. The highest BCUT2D eigenvalue weighted by Gasteiger charge is 2.39. The van der Waals surface area contributed by atoms with Crippen LogP contribution in [0.25, 0.3) is 22.2 Å². The molecule has 2 aliphatic heterocycles. The number of hydrogen-bond donors (Lipinski definition) is 2. The number of H-pyrrole nitrogens is 1. The van der Waals surface area contributed by atoms with E-state index < -0.39 is 6.04 Å². The van der Waals surface area contributed by atoms with Gasteiger partial charge in [-0.3, -0.25) is 9.89 Å². The van der Waals surface area contributed by atoms with Gasteiger partial charge in [0.2, 0.25) is 0 Å². The van der Waals surface area contributed by atoms with E-state index in [1.165, 1.54) is 18.9 Å². The molecule has 0 spiro atoms. The lowest BCUT2D eigenvalue weighted by molar-refractivity contribution is 0.0662. The molecule has 2 aliphatic rings. The summed E-state index contributed by atoms with van der Waals surface area (Å²) < 4.78 is 20.9. The molecule has 1 aromatic heterocycles. The van der Waals surface area contributed by atoms with Crippen molar-refractivity contribution in [3.05, 3.63) is 83.7 Å². The number of nitrogens with zero attached hydrogens (tertiary/aromatic N) is 2. The van der Waals surface area contributed by atoms with Gasteiger partial charge in [0.1, 0.15) is 17.7 Å². The molecular formula is C32H35FN4O2. The number of piperidine rings is 1. The van der Waals surface area contributed by atoms with Crippen LogP contribution in [0.1, 0.15) is 61.5 Å². The number of nitrogens with one attached hydrogen (secondary N) is 2.